The van der Waals surface area contributed by atoms with Crippen molar-refractivity contribution in [2.45, 2.75) is 101 Å². The van der Waals surface area contributed by atoms with Crippen LogP contribution in [0.3, 0.4) is 0 Å². The second-order valence-electron chi connectivity index (χ2n) is 20.6. The summed E-state index contributed by atoms with van der Waals surface area (Å²) in [6.07, 6.45) is -4.82. The zero-order chi connectivity index (χ0) is 56.2. The Balaban J connectivity index is 1.16. The summed E-state index contributed by atoms with van der Waals surface area (Å²) in [6.45, 7) is 10.0. The van der Waals surface area contributed by atoms with Crippen LogP contribution in [0.1, 0.15) is 65.8 Å². The fourth-order valence-electron chi connectivity index (χ4n) is 9.39. The van der Waals surface area contributed by atoms with Crippen LogP contribution in [0.4, 0.5) is 5.82 Å². The van der Waals surface area contributed by atoms with Gasteiger partial charge in [0, 0.05) is 44.4 Å². The number of aryl methyl sites for hydroxylation is 1. The molecule has 2 aliphatic rings. The van der Waals surface area contributed by atoms with Crippen molar-refractivity contribution < 1.29 is 51.4 Å². The second kappa shape index (κ2) is 24.2. The lowest BCUT2D eigenvalue weighted by atomic mass is 9.80. The molecule has 416 valence electrons. The summed E-state index contributed by atoms with van der Waals surface area (Å²) in [5.74, 6) is 0.859. The van der Waals surface area contributed by atoms with Gasteiger partial charge < -0.3 is 51.9 Å². The highest BCUT2D eigenvalue weighted by atomic mass is 32.5. The lowest BCUT2D eigenvalue weighted by Crippen LogP contribution is -2.50. The molecule has 2 aromatic heterocycles. The van der Waals surface area contributed by atoms with E-state index in [0.29, 0.717) is 22.6 Å². The Bertz CT molecular complexity index is 3200. The van der Waals surface area contributed by atoms with E-state index < -0.39 is 92.3 Å². The number of nitrogens with zero attached hydrogens (tertiary/aromatic N) is 3. The first kappa shape index (κ1) is 58.2. The molecule has 4 aromatic carbocycles. The lowest BCUT2D eigenvalue weighted by Gasteiger charge is -2.40. The van der Waals surface area contributed by atoms with E-state index in [1.165, 1.54) is 41.8 Å². The van der Waals surface area contributed by atoms with E-state index in [4.69, 9.17) is 58.4 Å². The van der Waals surface area contributed by atoms with Gasteiger partial charge in [-0.1, -0.05) is 93.6 Å². The van der Waals surface area contributed by atoms with E-state index in [9.17, 15) is 19.2 Å². The van der Waals surface area contributed by atoms with Gasteiger partial charge in [-0.2, -0.15) is 4.98 Å². The Hall–Kier alpha value is -5.94. The number of carbonyl (C=O) groups is 1. The molecule has 1 amide bonds. The summed E-state index contributed by atoms with van der Waals surface area (Å²) in [5, 5.41) is 2.46. The van der Waals surface area contributed by atoms with Crippen LogP contribution in [0.15, 0.2) is 142 Å². The molecule has 6 aromatic rings. The van der Waals surface area contributed by atoms with Gasteiger partial charge in [-0.15, -0.1) is 0 Å². The molecule has 1 unspecified atom stereocenters. The molecule has 0 spiro atoms. The predicted molar refractivity (Wildman–Crippen MR) is 300 cm³/mol. The molecular weight excluding hydrogens is 1060 g/mol. The number of carbonyl (C=O) groups excluding carboxylic acids is 1. The third-order valence-electron chi connectivity index (χ3n) is 14.6. The number of nitrogens with one attached hydrogen (secondary N) is 2. The van der Waals surface area contributed by atoms with E-state index in [1.807, 2.05) is 78.9 Å². The summed E-state index contributed by atoms with van der Waals surface area (Å²) in [5.41, 5.74) is -0.270. The molecular formula is C56H68N5O14PSSi. The van der Waals surface area contributed by atoms with E-state index in [1.54, 1.807) is 58.1 Å². The summed E-state index contributed by atoms with van der Waals surface area (Å²) in [7, 11) is 3.61. The third kappa shape index (κ3) is 12.4. The van der Waals surface area contributed by atoms with Crippen LogP contribution in [0.25, 0.3) is 0 Å². The Morgan fingerprint density at radius 1 is 0.731 bits per heavy atom. The lowest BCUT2D eigenvalue weighted by molar-refractivity contribution is -0.0956. The van der Waals surface area contributed by atoms with Crippen LogP contribution in [0.5, 0.6) is 11.5 Å². The minimum absolute atomic E-state index is 0.0253. The van der Waals surface area contributed by atoms with Crippen LogP contribution in [-0.2, 0) is 54.6 Å². The molecule has 0 radical (unpaired) electrons. The molecule has 8 rings (SSSR count). The van der Waals surface area contributed by atoms with Crippen molar-refractivity contribution in [3.63, 3.8) is 0 Å². The molecule has 2 N–H and O–H groups in total. The van der Waals surface area contributed by atoms with Gasteiger partial charge in [0.1, 0.15) is 59.5 Å². The molecule has 22 heteroatoms. The zero-order valence-electron chi connectivity index (χ0n) is 45.6. The van der Waals surface area contributed by atoms with Crippen LogP contribution in [0.2, 0.25) is 18.1 Å². The Morgan fingerprint density at radius 2 is 1.26 bits per heavy atom. The van der Waals surface area contributed by atoms with Crippen molar-refractivity contribution in [3.8, 4) is 11.5 Å². The number of amides is 1. The fraction of sp³-hybridized carbons (Fsp3) is 0.411. The second-order valence-corrected chi connectivity index (χ2v) is 29.4. The minimum Gasteiger partial charge on any atom is -0.497 e. The van der Waals surface area contributed by atoms with Crippen LogP contribution in [-0.4, -0.2) is 118 Å². The maximum Gasteiger partial charge on any atom is 0.351 e. The van der Waals surface area contributed by atoms with Crippen molar-refractivity contribution in [2.24, 2.45) is 0 Å². The highest BCUT2D eigenvalue weighted by Gasteiger charge is 2.54. The number of benzene rings is 4. The van der Waals surface area contributed by atoms with E-state index in [-0.39, 0.29) is 24.1 Å². The quantitative estimate of drug-likeness (QED) is 0.0398. The van der Waals surface area contributed by atoms with Gasteiger partial charge in [0.15, 0.2) is 27.3 Å². The standard InChI is InChI=1S/C56H68N5O14PSSi/c1-35-32-61(54(65)59-49(35)62)52-48(69-8)46(75-78(10,11)55(2,3)4)43(73-52)34-71-76(9,77)74-45-42(72-51(47(45)68-7)60-31-30-44(58-53(60)64)57-50(63)36-18-14-12-15-19-36)33-70-56(37-20-16-13-17-21-37,38-22-26-40(66-5)27-23-38)39-24-28-41(67-6)29-25-39/h12-32,42-43,45-48,51-52H,33-34H2,1-11H3,(H,59,62,65)(H,57,58,63,64)/t42-,43-,45-,46-,47-,48-,51-,52-,76?/m1/s1. The maximum atomic E-state index is 14.1. The van der Waals surface area contributed by atoms with Crippen molar-refractivity contribution in [1.82, 2.24) is 19.1 Å². The SMILES string of the molecule is COc1ccc(C(OC[C@H]2O[C@@H](n3ccc(NC(=O)c4ccccc4)nc3=O)[C@H](OC)[C@@H]2OP(C)(=S)OC[C@H]2O[C@@H](n3cc(C)c(=O)[nH]c3=O)[C@H](OC)[C@@H]2O[Si](C)(C)C(C)(C)C)(c2ccccc2)c2ccc(OC)cc2)cc1. The molecule has 2 saturated heterocycles. The van der Waals surface area contributed by atoms with Gasteiger partial charge in [-0.05, 0) is 96.0 Å². The summed E-state index contributed by atoms with van der Waals surface area (Å²) < 4.78 is 67.6. The van der Waals surface area contributed by atoms with Gasteiger partial charge in [-0.25, -0.2) is 9.59 Å². The Labute approximate surface area is 459 Å². The molecule has 9 atom stereocenters. The monoisotopic (exact) mass is 1130 g/mol. The zero-order valence-corrected chi connectivity index (χ0v) is 48.3. The predicted octanol–water partition coefficient (Wildman–Crippen LogP) is 7.94. The molecule has 0 bridgehead atoms. The number of H-pyrrole nitrogens is 1. The largest absolute Gasteiger partial charge is 0.497 e. The molecule has 19 nitrogen and oxygen atoms in total. The molecule has 0 saturated carbocycles. The van der Waals surface area contributed by atoms with Crippen LogP contribution >= 0.6 is 6.49 Å². The number of ether oxygens (including phenoxy) is 7. The summed E-state index contributed by atoms with van der Waals surface area (Å²) >= 11 is 6.28. The number of rotatable bonds is 21. The van der Waals surface area contributed by atoms with E-state index in [2.05, 4.69) is 49.1 Å². The van der Waals surface area contributed by atoms with Crippen molar-refractivity contribution in [3.05, 3.63) is 187 Å². The average Bonchev–Trinajstić information content (AvgIpc) is 4.09. The normalized spacial score (nSPS) is 22.4. The van der Waals surface area contributed by atoms with Gasteiger partial charge in [0.05, 0.1) is 27.4 Å². The van der Waals surface area contributed by atoms with Crippen LogP contribution in [0, 0.1) is 6.92 Å². The van der Waals surface area contributed by atoms with Crippen LogP contribution < -0.4 is 31.7 Å². The Kier molecular flexibility index (Phi) is 18.1. The number of methoxy groups -OCH3 is 4. The number of anilines is 1. The van der Waals surface area contributed by atoms with Crippen molar-refractivity contribution in [2.75, 3.05) is 53.6 Å². The molecule has 78 heavy (non-hydrogen) atoms. The molecule has 2 aliphatic heterocycles. The first-order chi connectivity index (χ1) is 37.1. The summed E-state index contributed by atoms with van der Waals surface area (Å²) in [6, 6.07) is 35.0. The number of aromatic amines is 1. The van der Waals surface area contributed by atoms with Gasteiger partial charge in [-0.3, -0.25) is 23.7 Å². The smallest absolute Gasteiger partial charge is 0.351 e. The number of aromatic nitrogens is 4. The highest BCUT2D eigenvalue weighted by molar-refractivity contribution is 8.09. The fourth-order valence-corrected chi connectivity index (χ4v) is 12.4. The molecule has 2 fully saturated rings. The van der Waals surface area contributed by atoms with Gasteiger partial charge in [0.2, 0.25) is 0 Å². The first-order valence-corrected chi connectivity index (χ1v) is 31.3. The highest BCUT2D eigenvalue weighted by Crippen LogP contribution is 2.52. The van der Waals surface area contributed by atoms with Crippen molar-refractivity contribution >= 4 is 38.3 Å². The van der Waals surface area contributed by atoms with Gasteiger partial charge >= 0.3 is 11.4 Å². The average molecular weight is 1130 g/mol. The maximum absolute atomic E-state index is 14.1. The topological polar surface area (TPSA) is 211 Å². The first-order valence-electron chi connectivity index (χ1n) is 25.3. The molecule has 0 aliphatic carbocycles. The number of hydrogen-bond acceptors (Lipinski definition) is 16. The summed E-state index contributed by atoms with van der Waals surface area (Å²) in [4.78, 5) is 59.7. The third-order valence-corrected chi connectivity index (χ3v) is 20.9. The van der Waals surface area contributed by atoms with E-state index in [0.717, 1.165) is 16.7 Å². The van der Waals surface area contributed by atoms with E-state index >= 15 is 0 Å². The van der Waals surface area contributed by atoms with Gasteiger partial charge in [0.25, 0.3) is 11.5 Å². The molecule has 4 heterocycles. The minimum atomic E-state index is -3.42. The van der Waals surface area contributed by atoms with Crippen molar-refractivity contribution in [1.29, 1.82) is 0 Å². The number of hydrogen-bond donors (Lipinski definition) is 2. The Morgan fingerprint density at radius 3 is 1.79 bits per heavy atom.